The third-order valence-electron chi connectivity index (χ3n) is 8.04. The number of halogens is 7. The summed E-state index contributed by atoms with van der Waals surface area (Å²) < 4.78 is 80.3. The highest BCUT2D eigenvalue weighted by Gasteiger charge is 2.58. The fraction of sp³-hybridized carbons (Fsp3) is 0.310. The van der Waals surface area contributed by atoms with Gasteiger partial charge in [0, 0.05) is 34.3 Å². The Hall–Kier alpha value is -4.01. The van der Waals surface area contributed by atoms with Gasteiger partial charge in [0.05, 0.1) is 28.3 Å². The Morgan fingerprint density at radius 2 is 1.84 bits per heavy atom. The average Bonchev–Trinajstić information content (AvgIpc) is 3.63. The Kier molecular flexibility index (Phi) is 7.25. The van der Waals surface area contributed by atoms with E-state index < -0.39 is 75.8 Å². The number of nitrogens with two attached hydrogens (primary N) is 1. The van der Waals surface area contributed by atoms with Crippen LogP contribution in [0.15, 0.2) is 36.5 Å². The number of pyridine rings is 1. The van der Waals surface area contributed by atoms with E-state index in [9.17, 15) is 36.6 Å². The molecule has 2 aromatic carbocycles. The summed E-state index contributed by atoms with van der Waals surface area (Å²) in [6.45, 7) is -0.630. The number of fused-ring (bicyclic) bond motifs is 2. The Morgan fingerprint density at radius 3 is 2.49 bits per heavy atom. The second-order valence-electron chi connectivity index (χ2n) is 11.2. The number of carbonyl (C=O) groups excluding carboxylic acids is 2. The lowest BCUT2D eigenvalue weighted by atomic mass is 9.81. The molecule has 4 N–H and O–H groups in total. The third kappa shape index (κ3) is 5.14. The highest BCUT2D eigenvalue weighted by atomic mass is 35.5. The summed E-state index contributed by atoms with van der Waals surface area (Å²) in [6.07, 6.45) is -1.94. The Labute approximate surface area is 261 Å². The van der Waals surface area contributed by atoms with Crippen LogP contribution in [0.5, 0.6) is 5.75 Å². The van der Waals surface area contributed by atoms with Gasteiger partial charge in [-0.15, -0.1) is 0 Å². The maximum atomic E-state index is 15.0. The van der Waals surface area contributed by atoms with E-state index in [-0.39, 0.29) is 27.9 Å². The summed E-state index contributed by atoms with van der Waals surface area (Å²) in [5.41, 5.74) is -2.31. The van der Waals surface area contributed by atoms with Gasteiger partial charge in [0.2, 0.25) is 11.5 Å². The predicted molar refractivity (Wildman–Crippen MR) is 152 cm³/mol. The van der Waals surface area contributed by atoms with Crippen LogP contribution in [0, 0.1) is 11.6 Å². The minimum Gasteiger partial charge on any atom is -0.489 e. The van der Waals surface area contributed by atoms with E-state index in [0.717, 1.165) is 25.0 Å². The number of rotatable bonds is 7. The van der Waals surface area contributed by atoms with Crippen LogP contribution in [-0.2, 0) is 15.8 Å². The molecule has 2 aromatic heterocycles. The van der Waals surface area contributed by atoms with Crippen molar-refractivity contribution in [2.24, 2.45) is 5.73 Å². The van der Waals surface area contributed by atoms with E-state index in [1.807, 2.05) is 0 Å². The van der Waals surface area contributed by atoms with Gasteiger partial charge in [-0.25, -0.2) is 13.8 Å². The van der Waals surface area contributed by atoms with Crippen molar-refractivity contribution in [1.29, 1.82) is 0 Å². The molecule has 45 heavy (non-hydrogen) atoms. The summed E-state index contributed by atoms with van der Waals surface area (Å²) in [6, 6.07) is 4.78. The van der Waals surface area contributed by atoms with E-state index in [2.05, 4.69) is 15.4 Å². The van der Waals surface area contributed by atoms with Gasteiger partial charge < -0.3 is 20.9 Å². The first-order valence-corrected chi connectivity index (χ1v) is 14.2. The Morgan fingerprint density at radius 1 is 1.13 bits per heavy atom. The Bertz CT molecular complexity index is 1910. The van der Waals surface area contributed by atoms with Crippen molar-refractivity contribution in [2.75, 3.05) is 13.2 Å². The number of amides is 2. The average molecular weight is 670 g/mol. The number of aliphatic hydroxyl groups is 1. The first-order valence-electron chi connectivity index (χ1n) is 13.4. The third-order valence-corrected chi connectivity index (χ3v) is 8.62. The summed E-state index contributed by atoms with van der Waals surface area (Å²) in [4.78, 5) is 29.4. The summed E-state index contributed by atoms with van der Waals surface area (Å²) in [7, 11) is 0. The summed E-state index contributed by atoms with van der Waals surface area (Å²) >= 11 is 12.1. The second kappa shape index (κ2) is 10.5. The molecule has 236 valence electrons. The number of carbonyl (C=O) groups is 2. The number of alkyl halides is 3. The fourth-order valence-electron chi connectivity index (χ4n) is 5.10. The van der Waals surface area contributed by atoms with E-state index in [1.54, 1.807) is 10.9 Å². The molecule has 2 aliphatic rings. The van der Waals surface area contributed by atoms with Crippen LogP contribution in [0.4, 0.5) is 22.0 Å². The van der Waals surface area contributed by atoms with Crippen molar-refractivity contribution in [3.63, 3.8) is 0 Å². The molecular formula is C29H22Cl2F5N5O4. The highest BCUT2D eigenvalue weighted by Crippen LogP contribution is 2.48. The van der Waals surface area contributed by atoms with Crippen molar-refractivity contribution in [3.05, 3.63) is 75.0 Å². The first kappa shape index (κ1) is 31.0. The lowest BCUT2D eigenvalue weighted by molar-refractivity contribution is -0.265. The van der Waals surface area contributed by atoms with Crippen LogP contribution in [0.1, 0.15) is 47.4 Å². The monoisotopic (exact) mass is 669 g/mol. The van der Waals surface area contributed by atoms with Crippen LogP contribution >= 0.6 is 23.2 Å². The molecule has 1 fully saturated rings. The van der Waals surface area contributed by atoms with Crippen molar-refractivity contribution >= 4 is 45.9 Å². The van der Waals surface area contributed by atoms with Crippen LogP contribution in [0.2, 0.25) is 10.0 Å². The quantitative estimate of drug-likeness (QED) is 0.180. The van der Waals surface area contributed by atoms with Gasteiger partial charge >= 0.3 is 6.18 Å². The van der Waals surface area contributed by atoms with E-state index in [1.165, 1.54) is 19.1 Å². The first-order chi connectivity index (χ1) is 21.0. The van der Waals surface area contributed by atoms with Crippen LogP contribution < -0.4 is 15.8 Å². The lowest BCUT2D eigenvalue weighted by Gasteiger charge is -2.31. The van der Waals surface area contributed by atoms with E-state index >= 15 is 0 Å². The molecule has 0 bridgehead atoms. The molecule has 0 unspecified atom stereocenters. The molecule has 2 atom stereocenters. The number of hydrogen-bond donors (Lipinski definition) is 3. The molecule has 0 radical (unpaired) electrons. The topological polar surface area (TPSA) is 132 Å². The van der Waals surface area contributed by atoms with Gasteiger partial charge in [-0.05, 0) is 44.0 Å². The molecule has 0 saturated heterocycles. The molecule has 1 saturated carbocycles. The van der Waals surface area contributed by atoms with E-state index in [4.69, 9.17) is 33.7 Å². The maximum absolute atomic E-state index is 15.0. The lowest BCUT2D eigenvalue weighted by Crippen LogP contribution is -2.51. The molecule has 1 aliphatic carbocycles. The van der Waals surface area contributed by atoms with Gasteiger partial charge in [-0.2, -0.15) is 18.3 Å². The molecule has 4 aromatic rings. The molecular weight excluding hydrogens is 648 g/mol. The molecule has 3 heterocycles. The van der Waals surface area contributed by atoms with Crippen molar-refractivity contribution in [3.8, 4) is 17.0 Å². The molecule has 2 amide bonds. The number of aromatic nitrogens is 3. The minimum absolute atomic E-state index is 0.0961. The van der Waals surface area contributed by atoms with E-state index in [0.29, 0.717) is 17.0 Å². The zero-order chi connectivity index (χ0) is 32.6. The van der Waals surface area contributed by atoms with Gasteiger partial charge in [0.25, 0.3) is 5.91 Å². The SMILES string of the molecule is C[C@]1(C(N)=O)COc2c1cc([C@@](O)(CNC(=O)c1cc(Cl)c3nn(C4CC4)cc3c1)C(F)(F)F)nc2-c1cc(Cl)c(F)cc1F. The van der Waals surface area contributed by atoms with Gasteiger partial charge in [-0.3, -0.25) is 14.3 Å². The number of nitrogens with zero attached hydrogens (tertiary/aromatic N) is 3. The molecule has 0 spiro atoms. The van der Waals surface area contributed by atoms with Crippen LogP contribution in [0.25, 0.3) is 22.2 Å². The van der Waals surface area contributed by atoms with Crippen molar-refractivity contribution in [1.82, 2.24) is 20.1 Å². The second-order valence-corrected chi connectivity index (χ2v) is 12.1. The van der Waals surface area contributed by atoms with Gasteiger partial charge in [0.1, 0.15) is 40.6 Å². The standard InChI is InChI=1S/C29H22Cl2F5N5O4/c1-27(26(37)43)11-45-24-16(27)7-21(39-23(24)15-6-17(30)20(33)8-19(15)32)28(44,29(34,35)36)10-38-25(42)12-4-13-9-41(14-2-3-14)40-22(13)18(31)5-12/h4-9,14,44H,2-3,10-11H2,1H3,(H2,37,43)(H,38,42)/t27-,28-/m0/s1. The van der Waals surface area contributed by atoms with Crippen LogP contribution in [-0.4, -0.2) is 51.0 Å². The maximum Gasteiger partial charge on any atom is 0.424 e. The molecule has 16 heteroatoms. The highest BCUT2D eigenvalue weighted by molar-refractivity contribution is 6.35. The smallest absolute Gasteiger partial charge is 0.424 e. The zero-order valence-electron chi connectivity index (χ0n) is 23.1. The number of hydrogen-bond acceptors (Lipinski definition) is 6. The summed E-state index contributed by atoms with van der Waals surface area (Å²) in [5, 5.41) is 17.7. The van der Waals surface area contributed by atoms with Crippen LogP contribution in [0.3, 0.4) is 0 Å². The van der Waals surface area contributed by atoms with Crippen molar-refractivity contribution in [2.45, 2.75) is 43.0 Å². The largest absolute Gasteiger partial charge is 0.489 e. The van der Waals surface area contributed by atoms with Gasteiger partial charge in [-0.1, -0.05) is 23.2 Å². The fourth-order valence-corrected chi connectivity index (χ4v) is 5.53. The summed E-state index contributed by atoms with van der Waals surface area (Å²) in [5.74, 6) is -4.74. The van der Waals surface area contributed by atoms with Crippen molar-refractivity contribution < 1.29 is 41.4 Å². The number of ether oxygens (including phenoxy) is 1. The normalized spacial score (nSPS) is 19.2. The van der Waals surface area contributed by atoms with Gasteiger partial charge in [0.15, 0.2) is 0 Å². The zero-order valence-corrected chi connectivity index (χ0v) is 24.6. The predicted octanol–water partition coefficient (Wildman–Crippen LogP) is 5.33. The molecule has 6 rings (SSSR count). The number of benzene rings is 2. The molecule has 9 nitrogen and oxygen atoms in total. The number of primary amides is 1. The molecule has 1 aliphatic heterocycles. The minimum atomic E-state index is -5.48. The Balaban J connectivity index is 1.42. The number of nitrogens with one attached hydrogen (secondary N) is 1.